The number of benzene rings is 1. The summed E-state index contributed by atoms with van der Waals surface area (Å²) in [6.07, 6.45) is 2.00. The van der Waals surface area contributed by atoms with Gasteiger partial charge in [0.2, 0.25) is 0 Å². The van der Waals surface area contributed by atoms with Gasteiger partial charge in [0.25, 0.3) is 0 Å². The number of aromatic nitrogens is 2. The number of hydrogen-bond donors (Lipinski definition) is 1. The SMILES string of the molecule is NCc1c(SCc2ccc(Cl)cc2)nc2ccccn12. The Morgan fingerprint density at radius 1 is 1.15 bits per heavy atom. The van der Waals surface area contributed by atoms with E-state index in [1.807, 2.05) is 53.1 Å². The zero-order valence-corrected chi connectivity index (χ0v) is 12.4. The molecule has 0 fully saturated rings. The highest BCUT2D eigenvalue weighted by Gasteiger charge is 2.10. The average molecular weight is 304 g/mol. The second-order valence-electron chi connectivity index (χ2n) is 4.41. The maximum absolute atomic E-state index is 5.89. The summed E-state index contributed by atoms with van der Waals surface area (Å²) in [6, 6.07) is 13.8. The Morgan fingerprint density at radius 2 is 1.95 bits per heavy atom. The zero-order valence-electron chi connectivity index (χ0n) is 10.8. The van der Waals surface area contributed by atoms with E-state index in [0.717, 1.165) is 27.1 Å². The van der Waals surface area contributed by atoms with Crippen molar-refractivity contribution in [1.29, 1.82) is 0 Å². The fraction of sp³-hybridized carbons (Fsp3) is 0.133. The van der Waals surface area contributed by atoms with Gasteiger partial charge < -0.3 is 10.1 Å². The highest BCUT2D eigenvalue weighted by atomic mass is 35.5. The highest BCUT2D eigenvalue weighted by molar-refractivity contribution is 7.98. The van der Waals surface area contributed by atoms with E-state index in [2.05, 4.69) is 4.98 Å². The number of rotatable bonds is 4. The lowest BCUT2D eigenvalue weighted by atomic mass is 10.2. The normalized spacial score (nSPS) is 11.1. The topological polar surface area (TPSA) is 43.3 Å². The molecular formula is C15H14ClN3S. The molecule has 2 N–H and O–H groups in total. The van der Waals surface area contributed by atoms with Crippen LogP contribution in [0.2, 0.25) is 5.02 Å². The van der Waals surface area contributed by atoms with Gasteiger partial charge >= 0.3 is 0 Å². The van der Waals surface area contributed by atoms with Crippen LogP contribution < -0.4 is 5.73 Å². The lowest BCUT2D eigenvalue weighted by Crippen LogP contribution is -2.01. The average Bonchev–Trinajstić information content (AvgIpc) is 2.84. The van der Waals surface area contributed by atoms with E-state index < -0.39 is 0 Å². The quantitative estimate of drug-likeness (QED) is 0.747. The van der Waals surface area contributed by atoms with Crippen molar-refractivity contribution < 1.29 is 0 Å². The fourth-order valence-corrected chi connectivity index (χ4v) is 3.19. The summed E-state index contributed by atoms with van der Waals surface area (Å²) in [5, 5.41) is 1.75. The van der Waals surface area contributed by atoms with Crippen LogP contribution >= 0.6 is 23.4 Å². The Bertz CT molecular complexity index is 722. The Hall–Kier alpha value is -1.49. The molecule has 0 radical (unpaired) electrons. The van der Waals surface area contributed by atoms with Gasteiger partial charge in [0.1, 0.15) is 10.7 Å². The second kappa shape index (κ2) is 5.87. The molecule has 20 heavy (non-hydrogen) atoms. The number of thioether (sulfide) groups is 1. The molecule has 0 spiro atoms. The van der Waals surface area contributed by atoms with Crippen LogP contribution in [-0.2, 0) is 12.3 Å². The van der Waals surface area contributed by atoms with E-state index in [1.54, 1.807) is 11.8 Å². The molecule has 0 amide bonds. The maximum Gasteiger partial charge on any atom is 0.138 e. The van der Waals surface area contributed by atoms with E-state index in [-0.39, 0.29) is 0 Å². The van der Waals surface area contributed by atoms with Gasteiger partial charge in [-0.05, 0) is 29.8 Å². The van der Waals surface area contributed by atoms with Gasteiger partial charge in [-0.15, -0.1) is 0 Å². The summed E-state index contributed by atoms with van der Waals surface area (Å²) < 4.78 is 2.05. The van der Waals surface area contributed by atoms with Gasteiger partial charge in [-0.2, -0.15) is 0 Å². The van der Waals surface area contributed by atoms with Gasteiger partial charge in [0, 0.05) is 23.5 Å². The molecule has 102 valence electrons. The van der Waals surface area contributed by atoms with Crippen LogP contribution in [0, 0.1) is 0 Å². The smallest absolute Gasteiger partial charge is 0.138 e. The third kappa shape index (κ3) is 2.68. The van der Waals surface area contributed by atoms with Crippen LogP contribution in [-0.4, -0.2) is 9.38 Å². The first-order valence-corrected chi connectivity index (χ1v) is 7.67. The van der Waals surface area contributed by atoms with E-state index in [9.17, 15) is 0 Å². The Balaban J connectivity index is 1.85. The Labute approximate surface area is 126 Å². The lowest BCUT2D eigenvalue weighted by Gasteiger charge is -2.02. The lowest BCUT2D eigenvalue weighted by molar-refractivity contribution is 0.921. The minimum absolute atomic E-state index is 0.480. The number of imidazole rings is 1. The number of halogens is 1. The molecule has 2 aromatic heterocycles. The van der Waals surface area contributed by atoms with Crippen LogP contribution in [0.5, 0.6) is 0 Å². The Morgan fingerprint density at radius 3 is 2.70 bits per heavy atom. The summed E-state index contributed by atoms with van der Waals surface area (Å²) >= 11 is 7.59. The van der Waals surface area contributed by atoms with Crippen molar-refractivity contribution in [3.05, 3.63) is 64.9 Å². The van der Waals surface area contributed by atoms with Crippen LogP contribution in [0.3, 0.4) is 0 Å². The van der Waals surface area contributed by atoms with E-state index in [0.29, 0.717) is 6.54 Å². The maximum atomic E-state index is 5.89. The van der Waals surface area contributed by atoms with Gasteiger partial charge in [0.15, 0.2) is 0 Å². The first kappa shape index (κ1) is 13.5. The first-order chi connectivity index (χ1) is 9.78. The predicted molar refractivity (Wildman–Crippen MR) is 84.1 cm³/mol. The van der Waals surface area contributed by atoms with Crippen LogP contribution in [0.4, 0.5) is 0 Å². The molecule has 0 aliphatic rings. The molecule has 3 nitrogen and oxygen atoms in total. The summed E-state index contributed by atoms with van der Waals surface area (Å²) in [4.78, 5) is 4.64. The Kier molecular flexibility index (Phi) is 3.96. The third-order valence-corrected chi connectivity index (χ3v) is 4.40. The van der Waals surface area contributed by atoms with Crippen LogP contribution in [0.15, 0.2) is 53.7 Å². The first-order valence-electron chi connectivity index (χ1n) is 6.31. The van der Waals surface area contributed by atoms with Gasteiger partial charge in [-0.25, -0.2) is 4.98 Å². The molecule has 5 heteroatoms. The predicted octanol–water partition coefficient (Wildman–Crippen LogP) is 3.74. The molecule has 1 aromatic carbocycles. The molecule has 0 saturated heterocycles. The molecule has 0 aliphatic heterocycles. The summed E-state index contributed by atoms with van der Waals surface area (Å²) in [5.41, 5.74) is 9.07. The van der Waals surface area contributed by atoms with E-state index in [1.165, 1.54) is 5.56 Å². The van der Waals surface area contributed by atoms with Crippen molar-refractivity contribution in [3.8, 4) is 0 Å². The van der Waals surface area contributed by atoms with Gasteiger partial charge in [-0.3, -0.25) is 0 Å². The van der Waals surface area contributed by atoms with E-state index >= 15 is 0 Å². The molecule has 2 heterocycles. The molecular weight excluding hydrogens is 290 g/mol. The highest BCUT2D eigenvalue weighted by Crippen LogP contribution is 2.27. The van der Waals surface area contributed by atoms with Crippen molar-refractivity contribution in [3.63, 3.8) is 0 Å². The van der Waals surface area contributed by atoms with Crippen molar-refractivity contribution in [2.24, 2.45) is 5.73 Å². The molecule has 0 saturated carbocycles. The molecule has 3 aromatic rings. The number of fused-ring (bicyclic) bond motifs is 1. The standard InChI is InChI=1S/C15H14ClN3S/c16-12-6-4-11(5-7-12)10-20-15-13(9-17)19-8-2-1-3-14(19)18-15/h1-8H,9-10,17H2. The monoisotopic (exact) mass is 303 g/mol. The largest absolute Gasteiger partial charge is 0.325 e. The van der Waals surface area contributed by atoms with Crippen LogP contribution in [0.1, 0.15) is 11.3 Å². The molecule has 0 aliphatic carbocycles. The number of hydrogen-bond acceptors (Lipinski definition) is 3. The number of nitrogens with zero attached hydrogens (tertiary/aromatic N) is 2. The summed E-state index contributed by atoms with van der Waals surface area (Å²) in [6.45, 7) is 0.480. The zero-order chi connectivity index (χ0) is 13.9. The van der Waals surface area contributed by atoms with Crippen molar-refractivity contribution in [2.45, 2.75) is 17.3 Å². The number of pyridine rings is 1. The van der Waals surface area contributed by atoms with Gasteiger partial charge in [0.05, 0.1) is 5.69 Å². The van der Waals surface area contributed by atoms with E-state index in [4.69, 9.17) is 17.3 Å². The van der Waals surface area contributed by atoms with Crippen molar-refractivity contribution in [2.75, 3.05) is 0 Å². The molecule has 3 rings (SSSR count). The van der Waals surface area contributed by atoms with Crippen molar-refractivity contribution in [1.82, 2.24) is 9.38 Å². The molecule has 0 atom stereocenters. The minimum atomic E-state index is 0.480. The molecule has 0 bridgehead atoms. The van der Waals surface area contributed by atoms with Gasteiger partial charge in [-0.1, -0.05) is 41.6 Å². The van der Waals surface area contributed by atoms with Crippen LogP contribution in [0.25, 0.3) is 5.65 Å². The summed E-state index contributed by atoms with van der Waals surface area (Å²) in [5.74, 6) is 0.855. The van der Waals surface area contributed by atoms with Crippen molar-refractivity contribution >= 4 is 29.0 Å². The molecule has 0 unspecified atom stereocenters. The second-order valence-corrected chi connectivity index (χ2v) is 5.81. The fourth-order valence-electron chi connectivity index (χ4n) is 2.06. The number of nitrogens with two attached hydrogens (primary N) is 1. The minimum Gasteiger partial charge on any atom is -0.325 e. The third-order valence-electron chi connectivity index (χ3n) is 3.07. The summed E-state index contributed by atoms with van der Waals surface area (Å²) in [7, 11) is 0.